The standard InChI is InChI=1S/C11H19N3/c1-3-4-9-7-10(12)11-8-13(2)5-6-14(9)11/h7H,3-6,8,12H2,1-2H3. The lowest BCUT2D eigenvalue weighted by atomic mass is 10.2. The number of rotatable bonds is 2. The quantitative estimate of drug-likeness (QED) is 0.771. The molecule has 0 amide bonds. The van der Waals surface area contributed by atoms with Crippen LogP contribution in [-0.2, 0) is 19.5 Å². The van der Waals surface area contributed by atoms with Crippen LogP contribution in [0.5, 0.6) is 0 Å². The third kappa shape index (κ3) is 1.52. The van der Waals surface area contributed by atoms with Crippen molar-refractivity contribution in [2.45, 2.75) is 32.9 Å². The van der Waals surface area contributed by atoms with Crippen LogP contribution in [0.1, 0.15) is 24.7 Å². The van der Waals surface area contributed by atoms with Gasteiger partial charge in [0.15, 0.2) is 0 Å². The van der Waals surface area contributed by atoms with Crippen molar-refractivity contribution in [1.82, 2.24) is 9.47 Å². The predicted molar refractivity (Wildman–Crippen MR) is 59.2 cm³/mol. The molecular weight excluding hydrogens is 174 g/mol. The summed E-state index contributed by atoms with van der Waals surface area (Å²) in [6.45, 7) is 5.44. The van der Waals surface area contributed by atoms with E-state index in [1.807, 2.05) is 0 Å². The van der Waals surface area contributed by atoms with Gasteiger partial charge >= 0.3 is 0 Å². The topological polar surface area (TPSA) is 34.2 Å². The molecule has 0 aliphatic carbocycles. The summed E-state index contributed by atoms with van der Waals surface area (Å²) in [6, 6.07) is 2.15. The molecular formula is C11H19N3. The van der Waals surface area contributed by atoms with Crippen molar-refractivity contribution in [2.24, 2.45) is 0 Å². The fraction of sp³-hybridized carbons (Fsp3) is 0.636. The van der Waals surface area contributed by atoms with Crippen molar-refractivity contribution in [3.63, 3.8) is 0 Å². The fourth-order valence-corrected chi connectivity index (χ4v) is 2.19. The Labute approximate surface area is 85.5 Å². The van der Waals surface area contributed by atoms with E-state index in [4.69, 9.17) is 5.73 Å². The summed E-state index contributed by atoms with van der Waals surface area (Å²) in [4.78, 5) is 2.32. The van der Waals surface area contributed by atoms with Gasteiger partial charge in [-0.2, -0.15) is 0 Å². The van der Waals surface area contributed by atoms with E-state index in [-0.39, 0.29) is 0 Å². The molecule has 2 rings (SSSR count). The third-order valence-corrected chi connectivity index (χ3v) is 2.96. The van der Waals surface area contributed by atoms with E-state index in [0.29, 0.717) is 0 Å². The Hall–Kier alpha value is -0.960. The molecule has 3 nitrogen and oxygen atoms in total. The molecule has 0 spiro atoms. The number of likely N-dealkylation sites (N-methyl/N-ethyl adjacent to an activating group) is 1. The number of fused-ring (bicyclic) bond motifs is 1. The number of hydrogen-bond donors (Lipinski definition) is 1. The van der Waals surface area contributed by atoms with Gasteiger partial charge in [-0.25, -0.2) is 0 Å². The van der Waals surface area contributed by atoms with Gasteiger partial charge in [0.1, 0.15) is 0 Å². The molecule has 1 aromatic heterocycles. The molecule has 0 bridgehead atoms. The molecule has 3 heteroatoms. The Morgan fingerprint density at radius 1 is 1.43 bits per heavy atom. The lowest BCUT2D eigenvalue weighted by molar-refractivity contribution is 0.268. The normalized spacial score (nSPS) is 17.0. The van der Waals surface area contributed by atoms with Crippen molar-refractivity contribution in [3.8, 4) is 0 Å². The Kier molecular flexibility index (Phi) is 2.50. The maximum absolute atomic E-state index is 6.01. The number of aryl methyl sites for hydroxylation is 1. The number of nitrogens with two attached hydrogens (primary N) is 1. The molecule has 0 atom stereocenters. The maximum Gasteiger partial charge on any atom is 0.0552 e. The number of nitrogen functional groups attached to an aromatic ring is 1. The second kappa shape index (κ2) is 3.65. The summed E-state index contributed by atoms with van der Waals surface area (Å²) >= 11 is 0. The number of hydrogen-bond acceptors (Lipinski definition) is 2. The van der Waals surface area contributed by atoms with Gasteiger partial charge in [0.25, 0.3) is 0 Å². The van der Waals surface area contributed by atoms with Gasteiger partial charge in [-0.05, 0) is 19.5 Å². The Morgan fingerprint density at radius 2 is 2.21 bits per heavy atom. The van der Waals surface area contributed by atoms with E-state index in [1.165, 1.54) is 17.8 Å². The number of nitrogens with zero attached hydrogens (tertiary/aromatic N) is 2. The van der Waals surface area contributed by atoms with Gasteiger partial charge in [-0.15, -0.1) is 0 Å². The molecule has 1 aliphatic rings. The fourth-order valence-electron chi connectivity index (χ4n) is 2.19. The predicted octanol–water partition coefficient (Wildman–Crippen LogP) is 1.47. The molecule has 14 heavy (non-hydrogen) atoms. The molecule has 0 aromatic carbocycles. The zero-order chi connectivity index (χ0) is 10.1. The summed E-state index contributed by atoms with van der Waals surface area (Å²) < 4.78 is 2.40. The summed E-state index contributed by atoms with van der Waals surface area (Å²) in [5.41, 5.74) is 9.70. The molecule has 0 saturated heterocycles. The highest BCUT2D eigenvalue weighted by Gasteiger charge is 2.18. The lowest BCUT2D eigenvalue weighted by Gasteiger charge is -2.26. The minimum absolute atomic E-state index is 0.972. The highest BCUT2D eigenvalue weighted by Crippen LogP contribution is 2.23. The smallest absolute Gasteiger partial charge is 0.0552 e. The van der Waals surface area contributed by atoms with Gasteiger partial charge in [0.05, 0.1) is 11.4 Å². The molecule has 0 saturated carbocycles. The van der Waals surface area contributed by atoms with Crippen molar-refractivity contribution < 1.29 is 0 Å². The highest BCUT2D eigenvalue weighted by molar-refractivity contribution is 5.48. The van der Waals surface area contributed by atoms with Crippen LogP contribution in [0, 0.1) is 0 Å². The number of anilines is 1. The highest BCUT2D eigenvalue weighted by atomic mass is 15.2. The van der Waals surface area contributed by atoms with Crippen molar-refractivity contribution in [2.75, 3.05) is 19.3 Å². The minimum Gasteiger partial charge on any atom is -0.397 e. The SMILES string of the molecule is CCCc1cc(N)c2n1CCN(C)C2. The second-order valence-corrected chi connectivity index (χ2v) is 4.18. The largest absolute Gasteiger partial charge is 0.397 e. The van der Waals surface area contributed by atoms with E-state index in [2.05, 4.69) is 29.5 Å². The van der Waals surface area contributed by atoms with Gasteiger partial charge in [0, 0.05) is 25.3 Å². The van der Waals surface area contributed by atoms with Gasteiger partial charge in [-0.1, -0.05) is 13.3 Å². The van der Waals surface area contributed by atoms with Crippen molar-refractivity contribution in [3.05, 3.63) is 17.5 Å². The lowest BCUT2D eigenvalue weighted by Crippen LogP contribution is -2.31. The van der Waals surface area contributed by atoms with Crippen LogP contribution in [0.4, 0.5) is 5.69 Å². The maximum atomic E-state index is 6.01. The average molecular weight is 193 g/mol. The van der Waals surface area contributed by atoms with E-state index < -0.39 is 0 Å². The molecule has 1 aromatic rings. The second-order valence-electron chi connectivity index (χ2n) is 4.18. The summed E-state index contributed by atoms with van der Waals surface area (Å²) in [6.07, 6.45) is 2.34. The van der Waals surface area contributed by atoms with Crippen molar-refractivity contribution >= 4 is 5.69 Å². The zero-order valence-electron chi connectivity index (χ0n) is 9.08. The van der Waals surface area contributed by atoms with Crippen LogP contribution in [0.3, 0.4) is 0 Å². The van der Waals surface area contributed by atoms with Crippen LogP contribution < -0.4 is 5.73 Å². The van der Waals surface area contributed by atoms with Crippen molar-refractivity contribution in [1.29, 1.82) is 0 Å². The van der Waals surface area contributed by atoms with Crippen LogP contribution in [0.15, 0.2) is 6.07 Å². The van der Waals surface area contributed by atoms with Crippen LogP contribution >= 0.6 is 0 Å². The summed E-state index contributed by atoms with van der Waals surface area (Å²) in [5.74, 6) is 0. The number of aromatic nitrogens is 1. The molecule has 0 unspecified atom stereocenters. The molecule has 78 valence electrons. The van der Waals surface area contributed by atoms with Crippen LogP contribution in [0.25, 0.3) is 0 Å². The first-order valence-electron chi connectivity index (χ1n) is 5.37. The zero-order valence-corrected chi connectivity index (χ0v) is 9.08. The van der Waals surface area contributed by atoms with Gasteiger partial charge < -0.3 is 10.3 Å². The van der Waals surface area contributed by atoms with E-state index in [0.717, 1.165) is 31.7 Å². The first-order chi connectivity index (χ1) is 6.72. The monoisotopic (exact) mass is 193 g/mol. The molecule has 1 aliphatic heterocycles. The van der Waals surface area contributed by atoms with Gasteiger partial charge in [0.2, 0.25) is 0 Å². The first-order valence-corrected chi connectivity index (χ1v) is 5.37. The molecule has 2 heterocycles. The first kappa shape index (κ1) is 9.59. The molecule has 0 radical (unpaired) electrons. The third-order valence-electron chi connectivity index (χ3n) is 2.96. The van der Waals surface area contributed by atoms with Crippen LogP contribution in [-0.4, -0.2) is 23.1 Å². The molecule has 2 N–H and O–H groups in total. The van der Waals surface area contributed by atoms with E-state index in [1.54, 1.807) is 0 Å². The summed E-state index contributed by atoms with van der Waals surface area (Å²) in [7, 11) is 2.15. The average Bonchev–Trinajstić information content (AvgIpc) is 2.44. The summed E-state index contributed by atoms with van der Waals surface area (Å²) in [5, 5.41) is 0. The van der Waals surface area contributed by atoms with E-state index >= 15 is 0 Å². The Morgan fingerprint density at radius 3 is 2.93 bits per heavy atom. The van der Waals surface area contributed by atoms with Gasteiger partial charge in [-0.3, -0.25) is 4.90 Å². The Bertz CT molecular complexity index is 328. The van der Waals surface area contributed by atoms with E-state index in [9.17, 15) is 0 Å². The van der Waals surface area contributed by atoms with Crippen LogP contribution in [0.2, 0.25) is 0 Å². The molecule has 0 fully saturated rings. The minimum atomic E-state index is 0.972. The Balaban J connectivity index is 2.33.